The molecule has 0 saturated carbocycles. The van der Waals surface area contributed by atoms with Crippen molar-refractivity contribution in [3.8, 4) is 5.75 Å². The molecule has 0 aliphatic carbocycles. The lowest BCUT2D eigenvalue weighted by Gasteiger charge is -2.15. The second-order valence-electron chi connectivity index (χ2n) is 8.06. The number of nitrogens with zero attached hydrogens (tertiary/aromatic N) is 2. The number of hydrogen-bond acceptors (Lipinski definition) is 6. The molecular weight excluding hydrogens is 591 g/mol. The topological polar surface area (TPSA) is 115 Å². The Bertz CT molecular complexity index is 1520. The van der Waals surface area contributed by atoms with Gasteiger partial charge in [0.05, 0.1) is 39.6 Å². The Morgan fingerprint density at radius 3 is 2.53 bits per heavy atom. The molecule has 1 atom stereocenters. The van der Waals surface area contributed by atoms with E-state index in [0.29, 0.717) is 47.0 Å². The van der Waals surface area contributed by atoms with Gasteiger partial charge < -0.3 is 20.7 Å². The summed E-state index contributed by atoms with van der Waals surface area (Å²) >= 11 is 2.11. The molecule has 3 N–H and O–H groups in total. The van der Waals surface area contributed by atoms with E-state index in [0.717, 1.165) is 0 Å². The van der Waals surface area contributed by atoms with Gasteiger partial charge in [-0.15, -0.1) is 0 Å². The molecule has 2 amide bonds. The Hall–Kier alpha value is -3.51. The van der Waals surface area contributed by atoms with Crippen LogP contribution in [0.1, 0.15) is 20.7 Å². The number of halogens is 1. The van der Waals surface area contributed by atoms with Gasteiger partial charge in [-0.05, 0) is 65.1 Å². The molecule has 0 bridgehead atoms. The number of primary amides is 1. The molecule has 0 radical (unpaired) electrons. The first kappa shape index (κ1) is 25.6. The van der Waals surface area contributed by atoms with E-state index in [-0.39, 0.29) is 11.5 Å². The molecule has 4 aromatic rings. The molecule has 4 rings (SSSR count). The van der Waals surface area contributed by atoms with E-state index in [1.807, 2.05) is 24.3 Å². The van der Waals surface area contributed by atoms with Gasteiger partial charge in [-0.1, -0.05) is 12.1 Å². The number of benzene rings is 3. The van der Waals surface area contributed by atoms with E-state index in [1.54, 1.807) is 57.6 Å². The summed E-state index contributed by atoms with van der Waals surface area (Å²) in [5.74, 6) is -0.142. The average molecular weight is 614 g/mol. The van der Waals surface area contributed by atoms with Crippen LogP contribution in [-0.2, 0) is 10.8 Å². The third-order valence-electron chi connectivity index (χ3n) is 5.43. The fourth-order valence-electron chi connectivity index (χ4n) is 3.63. The fraction of sp³-hybridized carbons (Fsp3) is 0.115. The Balaban J connectivity index is 1.81. The molecule has 36 heavy (non-hydrogen) atoms. The van der Waals surface area contributed by atoms with Gasteiger partial charge in [-0.2, -0.15) is 0 Å². The number of nitrogens with two attached hydrogens (primary N) is 1. The highest BCUT2D eigenvalue weighted by Gasteiger charge is 2.19. The lowest BCUT2D eigenvalue weighted by molar-refractivity contribution is 0.0827. The van der Waals surface area contributed by atoms with Gasteiger partial charge in [0.1, 0.15) is 5.75 Å². The van der Waals surface area contributed by atoms with Crippen molar-refractivity contribution in [2.75, 3.05) is 26.5 Å². The van der Waals surface area contributed by atoms with Gasteiger partial charge in [0.25, 0.3) is 11.8 Å². The van der Waals surface area contributed by atoms with Crippen LogP contribution in [0.2, 0.25) is 0 Å². The maximum atomic E-state index is 13.5. The smallest absolute Gasteiger partial charge is 0.253 e. The Morgan fingerprint density at radius 2 is 1.83 bits per heavy atom. The molecule has 0 saturated heterocycles. The Kier molecular flexibility index (Phi) is 7.55. The molecule has 1 heterocycles. The van der Waals surface area contributed by atoms with Gasteiger partial charge in [0.15, 0.2) is 0 Å². The highest BCUT2D eigenvalue weighted by atomic mass is 127. The zero-order valence-corrected chi connectivity index (χ0v) is 22.7. The minimum atomic E-state index is -1.56. The molecule has 8 nitrogen and oxygen atoms in total. The highest BCUT2D eigenvalue weighted by Crippen LogP contribution is 2.34. The van der Waals surface area contributed by atoms with Crippen molar-refractivity contribution in [2.45, 2.75) is 9.79 Å². The second-order valence-corrected chi connectivity index (χ2v) is 10.7. The molecule has 0 aliphatic heterocycles. The van der Waals surface area contributed by atoms with Gasteiger partial charge in [0, 0.05) is 51.5 Å². The number of fused-ring (bicyclic) bond motifs is 1. The summed E-state index contributed by atoms with van der Waals surface area (Å²) in [6, 6.07) is 17.6. The van der Waals surface area contributed by atoms with Crippen LogP contribution in [0.25, 0.3) is 10.9 Å². The van der Waals surface area contributed by atoms with E-state index in [2.05, 4.69) is 32.9 Å². The first-order valence-corrected chi connectivity index (χ1v) is 13.0. The van der Waals surface area contributed by atoms with E-state index in [1.165, 1.54) is 11.1 Å². The maximum Gasteiger partial charge on any atom is 0.253 e. The van der Waals surface area contributed by atoms with E-state index >= 15 is 0 Å². The maximum absolute atomic E-state index is 13.5. The zero-order chi connectivity index (χ0) is 26.0. The number of methoxy groups -OCH3 is 1. The number of hydrogen-bond donors (Lipinski definition) is 2. The SMILES string of the molecule is COc1cccc(Nc2c(C(N)=O)cnc3cc(S(=O)c4cccc(C(=O)N(C)C)c4)c(I)cc23)c1. The molecule has 3 aromatic carbocycles. The van der Waals surface area contributed by atoms with Crippen molar-refractivity contribution >= 4 is 67.5 Å². The van der Waals surface area contributed by atoms with Crippen molar-refractivity contribution in [3.63, 3.8) is 0 Å². The normalized spacial score (nSPS) is 11.7. The second kappa shape index (κ2) is 10.6. The lowest BCUT2D eigenvalue weighted by Crippen LogP contribution is -2.21. The summed E-state index contributed by atoms with van der Waals surface area (Å²) in [7, 11) is 3.35. The number of ether oxygens (including phenoxy) is 1. The summed E-state index contributed by atoms with van der Waals surface area (Å²) in [6.45, 7) is 0. The van der Waals surface area contributed by atoms with E-state index in [4.69, 9.17) is 10.5 Å². The zero-order valence-electron chi connectivity index (χ0n) is 19.7. The lowest BCUT2D eigenvalue weighted by atomic mass is 10.1. The average Bonchev–Trinajstić information content (AvgIpc) is 2.87. The van der Waals surface area contributed by atoms with Crippen LogP contribution < -0.4 is 15.8 Å². The monoisotopic (exact) mass is 614 g/mol. The Morgan fingerprint density at radius 1 is 1.08 bits per heavy atom. The summed E-state index contributed by atoms with van der Waals surface area (Å²) in [5, 5.41) is 3.92. The molecule has 0 spiro atoms. The number of anilines is 2. The third kappa shape index (κ3) is 5.19. The predicted molar refractivity (Wildman–Crippen MR) is 148 cm³/mol. The summed E-state index contributed by atoms with van der Waals surface area (Å²) in [4.78, 5) is 31.5. The number of amides is 2. The van der Waals surface area contributed by atoms with E-state index < -0.39 is 16.7 Å². The quantitative estimate of drug-likeness (QED) is 0.295. The number of aromatic nitrogens is 1. The van der Waals surface area contributed by atoms with Crippen LogP contribution in [0.3, 0.4) is 0 Å². The van der Waals surface area contributed by atoms with Crippen LogP contribution in [0, 0.1) is 3.57 Å². The van der Waals surface area contributed by atoms with Crippen molar-refractivity contribution in [2.24, 2.45) is 5.73 Å². The van der Waals surface area contributed by atoms with Crippen molar-refractivity contribution in [1.82, 2.24) is 9.88 Å². The number of pyridine rings is 1. The summed E-state index contributed by atoms with van der Waals surface area (Å²) in [5.41, 5.74) is 8.06. The summed E-state index contributed by atoms with van der Waals surface area (Å²) < 4.78 is 19.5. The molecule has 0 aliphatic rings. The molecule has 1 aromatic heterocycles. The molecule has 184 valence electrons. The van der Waals surface area contributed by atoms with Crippen LogP contribution in [0.15, 0.2) is 76.7 Å². The number of carbonyl (C=O) groups excluding carboxylic acids is 2. The van der Waals surface area contributed by atoms with Crippen molar-refractivity contribution in [3.05, 3.63) is 81.6 Å². The first-order valence-electron chi connectivity index (χ1n) is 10.8. The van der Waals surface area contributed by atoms with Crippen molar-refractivity contribution < 1.29 is 18.5 Å². The van der Waals surface area contributed by atoms with Gasteiger partial charge >= 0.3 is 0 Å². The van der Waals surface area contributed by atoms with Gasteiger partial charge in [-0.25, -0.2) is 4.21 Å². The minimum Gasteiger partial charge on any atom is -0.497 e. The van der Waals surface area contributed by atoms with Crippen LogP contribution >= 0.6 is 22.6 Å². The largest absolute Gasteiger partial charge is 0.497 e. The molecular formula is C26H23IN4O4S. The van der Waals surface area contributed by atoms with E-state index in [9.17, 15) is 13.8 Å². The van der Waals surface area contributed by atoms with Gasteiger partial charge in [-0.3, -0.25) is 14.6 Å². The number of carbonyl (C=O) groups is 2. The molecule has 1 unspecified atom stereocenters. The third-order valence-corrected chi connectivity index (χ3v) is 8.10. The molecule has 0 fully saturated rings. The fourth-order valence-corrected chi connectivity index (χ4v) is 5.84. The predicted octanol–water partition coefficient (Wildman–Crippen LogP) is 4.56. The first-order chi connectivity index (χ1) is 17.2. The van der Waals surface area contributed by atoms with Crippen LogP contribution in [0.4, 0.5) is 11.4 Å². The molecule has 10 heteroatoms. The number of rotatable bonds is 7. The highest BCUT2D eigenvalue weighted by molar-refractivity contribution is 14.1. The Labute approximate surface area is 224 Å². The summed E-state index contributed by atoms with van der Waals surface area (Å²) in [6.07, 6.45) is 1.41. The van der Waals surface area contributed by atoms with Crippen LogP contribution in [-0.4, -0.2) is 47.1 Å². The van der Waals surface area contributed by atoms with Crippen molar-refractivity contribution in [1.29, 1.82) is 0 Å². The van der Waals surface area contributed by atoms with Gasteiger partial charge in [0.2, 0.25) is 0 Å². The standard InChI is InChI=1S/C26H23IN4O4S/c1-31(2)26(33)15-6-4-9-18(10-15)36(34)23-13-22-19(12-21(23)27)24(20(14-29-22)25(28)32)30-16-7-5-8-17(11-16)35-3/h4-14H,1-3H3,(H2,28,32)(H,29,30). The number of nitrogens with one attached hydrogen (secondary N) is 1. The van der Waals surface area contributed by atoms with Crippen LogP contribution in [0.5, 0.6) is 5.75 Å². The minimum absolute atomic E-state index is 0.170.